The molecule has 2 N–H and O–H groups in total. The molecule has 4 rings (SSSR count). The van der Waals surface area contributed by atoms with Crippen molar-refractivity contribution in [3.05, 3.63) is 89.2 Å². The number of aromatic nitrogens is 2. The lowest BCUT2D eigenvalue weighted by Crippen LogP contribution is -3.11. The first-order valence-electron chi connectivity index (χ1n) is 10.5. The van der Waals surface area contributed by atoms with Crippen molar-refractivity contribution in [1.82, 2.24) is 15.1 Å². The third kappa shape index (κ3) is 5.33. The van der Waals surface area contributed by atoms with E-state index in [-0.39, 0.29) is 5.91 Å². The van der Waals surface area contributed by atoms with E-state index in [2.05, 4.69) is 46.8 Å². The molecule has 1 amide bonds. The van der Waals surface area contributed by atoms with Gasteiger partial charge >= 0.3 is 0 Å². The van der Waals surface area contributed by atoms with Crippen molar-refractivity contribution in [2.45, 2.75) is 38.9 Å². The number of carbonyl (C=O) groups is 1. The molecule has 1 aliphatic heterocycles. The topological polar surface area (TPSA) is 51.4 Å². The summed E-state index contributed by atoms with van der Waals surface area (Å²) in [7, 11) is 0. The quantitative estimate of drug-likeness (QED) is 0.652. The summed E-state index contributed by atoms with van der Waals surface area (Å²) < 4.78 is 1.80. The first-order valence-corrected chi connectivity index (χ1v) is 10.5. The first-order chi connectivity index (χ1) is 14.3. The molecule has 1 aliphatic rings. The molecule has 2 aromatic carbocycles. The zero-order chi connectivity index (χ0) is 19.9. The standard InChI is InChI=1S/C24H28N4O/c29-24(23-16-26-28(19-23)17-20-9-3-1-4-10-20)25-15-21-11-5-6-12-22(21)18-27-13-7-2-8-14-27/h1,3-6,9-12,16,19H,2,7-8,13-15,17-18H2,(H,25,29)/p+1. The molecule has 0 atom stereocenters. The van der Waals surface area contributed by atoms with Gasteiger partial charge in [0.15, 0.2) is 0 Å². The molecule has 0 saturated carbocycles. The fourth-order valence-corrected chi connectivity index (χ4v) is 4.02. The van der Waals surface area contributed by atoms with Gasteiger partial charge in [-0.15, -0.1) is 0 Å². The number of quaternary nitrogens is 1. The van der Waals surface area contributed by atoms with Crippen molar-refractivity contribution in [2.24, 2.45) is 0 Å². The van der Waals surface area contributed by atoms with Gasteiger partial charge in [-0.05, 0) is 30.4 Å². The Hall–Kier alpha value is -2.92. The molecule has 29 heavy (non-hydrogen) atoms. The molecule has 3 aromatic rings. The molecular weight excluding hydrogens is 360 g/mol. The summed E-state index contributed by atoms with van der Waals surface area (Å²) in [6, 6.07) is 18.6. The monoisotopic (exact) mass is 389 g/mol. The van der Waals surface area contributed by atoms with Crippen molar-refractivity contribution < 1.29 is 9.69 Å². The normalized spacial score (nSPS) is 14.6. The van der Waals surface area contributed by atoms with Crippen LogP contribution in [0.1, 0.15) is 46.3 Å². The maximum atomic E-state index is 12.6. The van der Waals surface area contributed by atoms with Crippen LogP contribution in [0.2, 0.25) is 0 Å². The van der Waals surface area contributed by atoms with Gasteiger partial charge in [-0.1, -0.05) is 54.6 Å². The van der Waals surface area contributed by atoms with E-state index in [9.17, 15) is 4.79 Å². The highest BCUT2D eigenvalue weighted by Crippen LogP contribution is 2.09. The Balaban J connectivity index is 1.35. The van der Waals surface area contributed by atoms with E-state index in [0.717, 1.165) is 12.1 Å². The lowest BCUT2D eigenvalue weighted by atomic mass is 10.0. The van der Waals surface area contributed by atoms with Crippen molar-refractivity contribution in [3.63, 3.8) is 0 Å². The molecule has 1 saturated heterocycles. The number of likely N-dealkylation sites (tertiary alicyclic amines) is 1. The summed E-state index contributed by atoms with van der Waals surface area (Å²) in [5.74, 6) is -0.0792. The van der Waals surface area contributed by atoms with Gasteiger partial charge in [0.2, 0.25) is 0 Å². The Kier molecular flexibility index (Phi) is 6.37. The molecule has 0 spiro atoms. The third-order valence-electron chi connectivity index (χ3n) is 5.64. The summed E-state index contributed by atoms with van der Waals surface area (Å²) in [6.07, 6.45) is 7.45. The Bertz CT molecular complexity index is 929. The Labute approximate surface area is 172 Å². The second-order valence-corrected chi connectivity index (χ2v) is 7.85. The van der Waals surface area contributed by atoms with Crippen molar-refractivity contribution in [1.29, 1.82) is 0 Å². The summed E-state index contributed by atoms with van der Waals surface area (Å²) in [6.45, 7) is 4.76. The summed E-state index contributed by atoms with van der Waals surface area (Å²) in [5, 5.41) is 7.40. The molecule has 0 unspecified atom stereocenters. The zero-order valence-corrected chi connectivity index (χ0v) is 16.8. The Morgan fingerprint density at radius 3 is 2.48 bits per heavy atom. The van der Waals surface area contributed by atoms with Crippen LogP contribution in [0.4, 0.5) is 0 Å². The van der Waals surface area contributed by atoms with Crippen molar-refractivity contribution in [3.8, 4) is 0 Å². The van der Waals surface area contributed by atoms with E-state index < -0.39 is 0 Å². The Morgan fingerprint density at radius 2 is 1.69 bits per heavy atom. The minimum absolute atomic E-state index is 0.0792. The van der Waals surface area contributed by atoms with Gasteiger partial charge in [-0.25, -0.2) is 0 Å². The highest BCUT2D eigenvalue weighted by molar-refractivity contribution is 5.93. The third-order valence-corrected chi connectivity index (χ3v) is 5.64. The average molecular weight is 390 g/mol. The van der Waals surface area contributed by atoms with Crippen LogP contribution < -0.4 is 10.2 Å². The minimum atomic E-state index is -0.0792. The molecule has 2 heterocycles. The molecule has 0 aliphatic carbocycles. The maximum absolute atomic E-state index is 12.6. The highest BCUT2D eigenvalue weighted by Gasteiger charge is 2.16. The maximum Gasteiger partial charge on any atom is 0.254 e. The number of piperidine rings is 1. The second kappa shape index (κ2) is 9.52. The average Bonchev–Trinajstić information content (AvgIpc) is 3.23. The smallest absolute Gasteiger partial charge is 0.254 e. The molecule has 1 aromatic heterocycles. The number of benzene rings is 2. The van der Waals surface area contributed by atoms with Gasteiger partial charge in [0.05, 0.1) is 31.4 Å². The summed E-state index contributed by atoms with van der Waals surface area (Å²) in [5.41, 5.74) is 4.30. The number of nitrogens with one attached hydrogen (secondary N) is 2. The number of hydrogen-bond donors (Lipinski definition) is 2. The van der Waals surface area contributed by atoms with Gasteiger partial charge in [-0.2, -0.15) is 5.10 Å². The van der Waals surface area contributed by atoms with Crippen LogP contribution in [0.5, 0.6) is 0 Å². The number of amides is 1. The predicted molar refractivity (Wildman–Crippen MR) is 114 cm³/mol. The number of hydrogen-bond acceptors (Lipinski definition) is 2. The minimum Gasteiger partial charge on any atom is -0.348 e. The largest absolute Gasteiger partial charge is 0.348 e. The highest BCUT2D eigenvalue weighted by atomic mass is 16.1. The van der Waals surface area contributed by atoms with Gasteiger partial charge in [0.25, 0.3) is 5.91 Å². The fraction of sp³-hybridized carbons (Fsp3) is 0.333. The van der Waals surface area contributed by atoms with Crippen LogP contribution in [-0.4, -0.2) is 28.8 Å². The summed E-state index contributed by atoms with van der Waals surface area (Å²) in [4.78, 5) is 14.3. The number of nitrogens with zero attached hydrogens (tertiary/aromatic N) is 2. The van der Waals surface area contributed by atoms with Crippen LogP contribution in [0, 0.1) is 0 Å². The number of rotatable bonds is 7. The fourth-order valence-electron chi connectivity index (χ4n) is 4.02. The van der Waals surface area contributed by atoms with E-state index in [1.165, 1.54) is 43.5 Å². The predicted octanol–water partition coefficient (Wildman–Crippen LogP) is 2.43. The van der Waals surface area contributed by atoms with E-state index >= 15 is 0 Å². The van der Waals surface area contributed by atoms with Crippen LogP contribution in [0.25, 0.3) is 0 Å². The van der Waals surface area contributed by atoms with Crippen molar-refractivity contribution in [2.75, 3.05) is 13.1 Å². The molecule has 150 valence electrons. The van der Waals surface area contributed by atoms with Crippen molar-refractivity contribution >= 4 is 5.91 Å². The lowest BCUT2D eigenvalue weighted by Gasteiger charge is -2.24. The molecule has 0 radical (unpaired) electrons. The first kappa shape index (κ1) is 19.4. The second-order valence-electron chi connectivity index (χ2n) is 7.85. The van der Waals surface area contributed by atoms with E-state index in [4.69, 9.17) is 0 Å². The number of carbonyl (C=O) groups excluding carboxylic acids is 1. The van der Waals surface area contributed by atoms with Gasteiger partial charge in [0, 0.05) is 18.3 Å². The van der Waals surface area contributed by atoms with E-state index in [0.29, 0.717) is 18.7 Å². The molecule has 1 fully saturated rings. The molecular formula is C24H29N4O+. The van der Waals surface area contributed by atoms with Crippen LogP contribution in [0.3, 0.4) is 0 Å². The van der Waals surface area contributed by atoms with E-state index in [1.54, 1.807) is 15.8 Å². The summed E-state index contributed by atoms with van der Waals surface area (Å²) >= 11 is 0. The van der Waals surface area contributed by atoms with E-state index in [1.807, 2.05) is 24.4 Å². The van der Waals surface area contributed by atoms with Gasteiger partial charge in [0.1, 0.15) is 6.54 Å². The Morgan fingerprint density at radius 1 is 0.966 bits per heavy atom. The lowest BCUT2D eigenvalue weighted by molar-refractivity contribution is -0.918. The van der Waals surface area contributed by atoms with Crippen LogP contribution >= 0.6 is 0 Å². The van der Waals surface area contributed by atoms with Crippen LogP contribution in [0.15, 0.2) is 67.0 Å². The van der Waals surface area contributed by atoms with Gasteiger partial charge in [-0.3, -0.25) is 9.48 Å². The molecule has 5 nitrogen and oxygen atoms in total. The molecule has 0 bridgehead atoms. The van der Waals surface area contributed by atoms with Crippen LogP contribution in [-0.2, 0) is 19.6 Å². The molecule has 5 heteroatoms. The SMILES string of the molecule is O=C(NCc1ccccc1C[NH+]1CCCCC1)c1cnn(Cc2ccccc2)c1. The zero-order valence-electron chi connectivity index (χ0n) is 16.8. The van der Waals surface area contributed by atoms with Gasteiger partial charge < -0.3 is 10.2 Å².